The van der Waals surface area contributed by atoms with Crippen LogP contribution in [0.5, 0.6) is 0 Å². The first-order valence-electron chi connectivity index (χ1n) is 14.5. The van der Waals surface area contributed by atoms with Gasteiger partial charge in [0.1, 0.15) is 11.6 Å². The molecule has 1 fully saturated rings. The SMILES string of the molecule is Cc1ccc(NC(=O)[C@H]2CCCCN2C(=O)OC(C)(C)C)cc1C(=O)NC(C)c1cc(-n2ccnn2)nc2ccccc12. The first-order valence-corrected chi connectivity index (χ1v) is 14.5. The number of nitrogens with zero attached hydrogens (tertiary/aromatic N) is 5. The number of aromatic nitrogens is 4. The Balaban J connectivity index is 1.34. The van der Waals surface area contributed by atoms with Gasteiger partial charge in [0, 0.05) is 23.2 Å². The molecule has 1 aliphatic rings. The summed E-state index contributed by atoms with van der Waals surface area (Å²) in [6, 6.07) is 13.8. The average molecular weight is 584 g/mol. The zero-order chi connectivity index (χ0) is 30.7. The minimum Gasteiger partial charge on any atom is -0.444 e. The summed E-state index contributed by atoms with van der Waals surface area (Å²) in [5.74, 6) is 0.00621. The molecular weight excluding hydrogens is 546 g/mol. The van der Waals surface area contributed by atoms with E-state index in [1.807, 2.05) is 44.2 Å². The van der Waals surface area contributed by atoms with E-state index in [2.05, 4.69) is 20.9 Å². The van der Waals surface area contributed by atoms with Gasteiger partial charge in [-0.05, 0) is 89.3 Å². The monoisotopic (exact) mass is 583 g/mol. The molecule has 1 unspecified atom stereocenters. The Morgan fingerprint density at radius 2 is 1.86 bits per heavy atom. The van der Waals surface area contributed by atoms with Crippen LogP contribution in [0.1, 0.15) is 74.5 Å². The number of carbonyl (C=O) groups is 3. The van der Waals surface area contributed by atoms with Gasteiger partial charge in [0.15, 0.2) is 5.82 Å². The summed E-state index contributed by atoms with van der Waals surface area (Å²) in [5, 5.41) is 14.9. The van der Waals surface area contributed by atoms with Gasteiger partial charge in [-0.3, -0.25) is 14.5 Å². The first kappa shape index (κ1) is 29.7. The van der Waals surface area contributed by atoms with Gasteiger partial charge in [0.2, 0.25) is 5.91 Å². The van der Waals surface area contributed by atoms with Crippen molar-refractivity contribution in [3.63, 3.8) is 0 Å². The number of piperidine rings is 1. The van der Waals surface area contributed by atoms with Crippen LogP contribution < -0.4 is 10.6 Å². The lowest BCUT2D eigenvalue weighted by Crippen LogP contribution is -2.51. The van der Waals surface area contributed by atoms with Gasteiger partial charge in [0.25, 0.3) is 5.91 Å². The van der Waals surface area contributed by atoms with E-state index in [4.69, 9.17) is 9.72 Å². The molecule has 0 aliphatic carbocycles. The molecule has 2 aromatic heterocycles. The maximum absolute atomic E-state index is 13.6. The predicted molar refractivity (Wildman–Crippen MR) is 163 cm³/mol. The van der Waals surface area contributed by atoms with E-state index in [1.165, 1.54) is 4.90 Å². The minimum absolute atomic E-state index is 0.280. The van der Waals surface area contributed by atoms with Crippen molar-refractivity contribution < 1.29 is 19.1 Å². The van der Waals surface area contributed by atoms with Crippen molar-refractivity contribution in [1.29, 1.82) is 0 Å². The third kappa shape index (κ3) is 6.82. The van der Waals surface area contributed by atoms with Crippen LogP contribution in [-0.4, -0.2) is 61.0 Å². The third-order valence-electron chi connectivity index (χ3n) is 7.39. The van der Waals surface area contributed by atoms with Crippen LogP contribution in [0.4, 0.5) is 10.5 Å². The number of amides is 3. The van der Waals surface area contributed by atoms with Crippen molar-refractivity contribution in [2.45, 2.75) is 71.6 Å². The number of aryl methyl sites for hydroxylation is 1. The summed E-state index contributed by atoms with van der Waals surface area (Å²) in [6.45, 7) is 9.63. The number of likely N-dealkylation sites (tertiary alicyclic amines) is 1. The zero-order valence-corrected chi connectivity index (χ0v) is 25.1. The topological polar surface area (TPSA) is 131 Å². The Labute approximate surface area is 250 Å². The largest absolute Gasteiger partial charge is 0.444 e. The van der Waals surface area contributed by atoms with Crippen LogP contribution in [0.2, 0.25) is 0 Å². The van der Waals surface area contributed by atoms with Crippen molar-refractivity contribution in [1.82, 2.24) is 30.2 Å². The number of hydrogen-bond acceptors (Lipinski definition) is 7. The van der Waals surface area contributed by atoms with Crippen molar-refractivity contribution in [2.24, 2.45) is 0 Å². The quantitative estimate of drug-likeness (QED) is 0.313. The van der Waals surface area contributed by atoms with E-state index in [0.29, 0.717) is 30.0 Å². The molecule has 11 nitrogen and oxygen atoms in total. The number of nitrogens with one attached hydrogen (secondary N) is 2. The summed E-state index contributed by atoms with van der Waals surface area (Å²) < 4.78 is 7.13. The number of hydrogen-bond donors (Lipinski definition) is 2. The van der Waals surface area contributed by atoms with Gasteiger partial charge >= 0.3 is 6.09 Å². The number of pyridine rings is 1. The highest BCUT2D eigenvalue weighted by Gasteiger charge is 2.35. The molecule has 0 bridgehead atoms. The van der Waals surface area contributed by atoms with E-state index in [0.717, 1.165) is 34.9 Å². The van der Waals surface area contributed by atoms with Crippen molar-refractivity contribution >= 4 is 34.5 Å². The number of para-hydroxylation sites is 1. The molecule has 4 aromatic rings. The molecule has 3 heterocycles. The molecule has 0 radical (unpaired) electrons. The highest BCUT2D eigenvalue weighted by atomic mass is 16.6. The van der Waals surface area contributed by atoms with E-state index in [9.17, 15) is 14.4 Å². The number of benzene rings is 2. The predicted octanol–water partition coefficient (Wildman–Crippen LogP) is 5.34. The number of ether oxygens (including phenoxy) is 1. The maximum atomic E-state index is 13.6. The van der Waals surface area contributed by atoms with Crippen LogP contribution in [0, 0.1) is 6.92 Å². The fourth-order valence-electron chi connectivity index (χ4n) is 5.26. The Bertz CT molecular complexity index is 1650. The van der Waals surface area contributed by atoms with Gasteiger partial charge in [0.05, 0.1) is 24.0 Å². The molecule has 3 amide bonds. The van der Waals surface area contributed by atoms with E-state index >= 15 is 0 Å². The molecule has 1 saturated heterocycles. The number of carbonyl (C=O) groups excluding carboxylic acids is 3. The lowest BCUT2D eigenvalue weighted by Gasteiger charge is -2.35. The van der Waals surface area contributed by atoms with Gasteiger partial charge in [-0.2, -0.15) is 0 Å². The smallest absolute Gasteiger partial charge is 0.410 e. The van der Waals surface area contributed by atoms with E-state index in [-0.39, 0.29) is 17.9 Å². The molecule has 2 N–H and O–H groups in total. The number of anilines is 1. The zero-order valence-electron chi connectivity index (χ0n) is 25.1. The van der Waals surface area contributed by atoms with Gasteiger partial charge in [-0.25, -0.2) is 14.5 Å². The standard InChI is InChI=1S/C32H37N7O4/c1-20-13-14-22(35-30(41)27-12-8-9-16-38(27)31(42)43-32(3,4)5)18-24(20)29(40)34-21(2)25-19-28(39-17-15-33-37-39)36-26-11-7-6-10-23(25)26/h6-7,10-11,13-15,17-19,21,27H,8-9,12,16H2,1-5H3,(H,34,40)(H,35,41)/t21?,27-/m1/s1. The molecule has 43 heavy (non-hydrogen) atoms. The normalized spacial score (nSPS) is 16.0. The van der Waals surface area contributed by atoms with Crippen LogP contribution in [-0.2, 0) is 9.53 Å². The summed E-state index contributed by atoms with van der Waals surface area (Å²) in [7, 11) is 0. The number of rotatable bonds is 6. The molecule has 11 heteroatoms. The maximum Gasteiger partial charge on any atom is 0.410 e. The Morgan fingerprint density at radius 1 is 1.07 bits per heavy atom. The highest BCUT2D eigenvalue weighted by molar-refractivity contribution is 6.00. The summed E-state index contributed by atoms with van der Waals surface area (Å²) in [6.07, 6.45) is 4.98. The van der Waals surface area contributed by atoms with Crippen LogP contribution in [0.15, 0.2) is 60.9 Å². The second kappa shape index (κ2) is 12.2. The molecular formula is C32H37N7O4. The van der Waals surface area contributed by atoms with Crippen LogP contribution >= 0.6 is 0 Å². The summed E-state index contributed by atoms with van der Waals surface area (Å²) >= 11 is 0. The molecule has 2 aromatic carbocycles. The minimum atomic E-state index is -0.660. The number of fused-ring (bicyclic) bond motifs is 1. The van der Waals surface area contributed by atoms with E-state index < -0.39 is 17.7 Å². The van der Waals surface area contributed by atoms with Crippen LogP contribution in [0.25, 0.3) is 16.7 Å². The highest BCUT2D eigenvalue weighted by Crippen LogP contribution is 2.27. The van der Waals surface area contributed by atoms with E-state index in [1.54, 1.807) is 56.0 Å². The van der Waals surface area contributed by atoms with Crippen LogP contribution in [0.3, 0.4) is 0 Å². The first-order chi connectivity index (χ1) is 20.5. The average Bonchev–Trinajstić information content (AvgIpc) is 3.52. The molecule has 224 valence electrons. The van der Waals surface area contributed by atoms with Crippen molar-refractivity contribution in [2.75, 3.05) is 11.9 Å². The van der Waals surface area contributed by atoms with Gasteiger partial charge < -0.3 is 15.4 Å². The van der Waals surface area contributed by atoms with Gasteiger partial charge in [-0.15, -0.1) is 5.10 Å². The fraction of sp³-hybridized carbons (Fsp3) is 0.375. The third-order valence-corrected chi connectivity index (χ3v) is 7.39. The molecule has 1 aliphatic heterocycles. The second-order valence-corrected chi connectivity index (χ2v) is 11.8. The summed E-state index contributed by atoms with van der Waals surface area (Å²) in [4.78, 5) is 45.9. The fourth-order valence-corrected chi connectivity index (χ4v) is 5.26. The molecule has 2 atom stereocenters. The lowest BCUT2D eigenvalue weighted by atomic mass is 10.0. The Hall–Kier alpha value is -4.80. The Kier molecular flexibility index (Phi) is 8.43. The van der Waals surface area contributed by atoms with Gasteiger partial charge in [-0.1, -0.05) is 29.5 Å². The lowest BCUT2D eigenvalue weighted by molar-refractivity contribution is -0.122. The molecule has 0 spiro atoms. The Morgan fingerprint density at radius 3 is 2.60 bits per heavy atom. The van der Waals surface area contributed by atoms with Crippen molar-refractivity contribution in [3.05, 3.63) is 77.6 Å². The molecule has 5 rings (SSSR count). The van der Waals surface area contributed by atoms with Crippen molar-refractivity contribution in [3.8, 4) is 5.82 Å². The second-order valence-electron chi connectivity index (χ2n) is 11.8. The summed E-state index contributed by atoms with van der Waals surface area (Å²) in [5.41, 5.74) is 2.67. The molecule has 0 saturated carbocycles.